The van der Waals surface area contributed by atoms with E-state index in [2.05, 4.69) is 102 Å². The first-order chi connectivity index (χ1) is 10.9. The minimum absolute atomic E-state index is 0.724. The Kier molecular flexibility index (Phi) is 4.91. The van der Waals surface area contributed by atoms with Gasteiger partial charge in [-0.15, -0.1) is 0 Å². The van der Waals surface area contributed by atoms with E-state index in [1.165, 1.54) is 10.6 Å². The van der Waals surface area contributed by atoms with Crippen molar-refractivity contribution in [1.29, 1.82) is 0 Å². The summed E-state index contributed by atoms with van der Waals surface area (Å²) < 4.78 is -2.04. The van der Waals surface area contributed by atoms with Gasteiger partial charge in [-0.2, -0.15) is 0 Å². The molecule has 0 bridgehead atoms. The van der Waals surface area contributed by atoms with Crippen molar-refractivity contribution in [2.24, 2.45) is 0 Å². The molecule has 0 saturated heterocycles. The predicted molar refractivity (Wildman–Crippen MR) is 116 cm³/mol. The van der Waals surface area contributed by atoms with Crippen molar-refractivity contribution in [3.63, 3.8) is 0 Å². The van der Waals surface area contributed by atoms with Gasteiger partial charge in [0.25, 0.3) is 0 Å². The van der Waals surface area contributed by atoms with Crippen LogP contribution in [-0.4, -0.2) is 7.85 Å². The van der Waals surface area contributed by atoms with Crippen molar-refractivity contribution in [3.8, 4) is 0 Å². The zero-order chi connectivity index (χ0) is 16.5. The van der Waals surface area contributed by atoms with Crippen LogP contribution in [0, 0.1) is 0 Å². The molecular formula is C18H13BBr3P. The van der Waals surface area contributed by atoms with Crippen molar-refractivity contribution < 1.29 is 0 Å². The van der Waals surface area contributed by atoms with E-state index in [0.29, 0.717) is 0 Å². The Morgan fingerprint density at radius 2 is 1.13 bits per heavy atom. The van der Waals surface area contributed by atoms with Crippen molar-refractivity contribution in [2.75, 3.05) is 0 Å². The van der Waals surface area contributed by atoms with E-state index < -0.39 is 4.01 Å². The summed E-state index contributed by atoms with van der Waals surface area (Å²) in [6.45, 7) is 0. The number of halogens is 3. The summed E-state index contributed by atoms with van der Waals surface area (Å²) in [5.74, 6) is 0. The van der Waals surface area contributed by atoms with Crippen molar-refractivity contribution in [2.45, 2.75) is 0 Å². The van der Waals surface area contributed by atoms with E-state index in [1.54, 1.807) is 0 Å². The van der Waals surface area contributed by atoms with Crippen LogP contribution in [0.2, 0.25) is 0 Å². The summed E-state index contributed by atoms with van der Waals surface area (Å²) in [4.78, 5) is 0. The SMILES string of the molecule is [B]c1cccc(P(Br)(Br)(c2ccccc2)c2ccccc2)c1Br. The summed E-state index contributed by atoms with van der Waals surface area (Å²) in [6.07, 6.45) is 0. The first-order valence-electron chi connectivity index (χ1n) is 7.05. The molecule has 0 saturated carbocycles. The Bertz CT molecular complexity index is 792. The summed E-state index contributed by atoms with van der Waals surface area (Å²) in [6, 6.07) is 26.9. The molecule has 0 aliphatic rings. The molecule has 0 fully saturated rings. The third-order valence-corrected chi connectivity index (χ3v) is 15.9. The normalized spacial score (nSPS) is 13.3. The Morgan fingerprint density at radius 3 is 1.61 bits per heavy atom. The second-order valence-electron chi connectivity index (χ2n) is 5.26. The minimum atomic E-state index is -2.96. The average molecular weight is 511 g/mol. The van der Waals surface area contributed by atoms with Crippen LogP contribution in [0.1, 0.15) is 0 Å². The van der Waals surface area contributed by atoms with Gasteiger partial charge < -0.3 is 0 Å². The van der Waals surface area contributed by atoms with Crippen molar-refractivity contribution in [3.05, 3.63) is 83.3 Å². The Morgan fingerprint density at radius 1 is 0.652 bits per heavy atom. The zero-order valence-corrected chi connectivity index (χ0v) is 17.8. The average Bonchev–Trinajstić information content (AvgIpc) is 2.59. The quantitative estimate of drug-likeness (QED) is 0.354. The fourth-order valence-corrected chi connectivity index (χ4v) is 13.1. The van der Waals surface area contributed by atoms with Gasteiger partial charge in [0.15, 0.2) is 0 Å². The van der Waals surface area contributed by atoms with E-state index in [4.69, 9.17) is 7.85 Å². The summed E-state index contributed by atoms with van der Waals surface area (Å²) in [5, 5.41) is 3.50. The van der Waals surface area contributed by atoms with Crippen LogP contribution < -0.4 is 21.4 Å². The van der Waals surface area contributed by atoms with Crippen molar-refractivity contribution in [1.82, 2.24) is 0 Å². The molecule has 0 atom stereocenters. The molecule has 0 aliphatic heterocycles. The molecule has 2 radical (unpaired) electrons. The maximum atomic E-state index is 6.16. The van der Waals surface area contributed by atoms with Gasteiger partial charge in [-0.25, -0.2) is 0 Å². The van der Waals surface area contributed by atoms with Crippen LogP contribution in [0.5, 0.6) is 0 Å². The van der Waals surface area contributed by atoms with Gasteiger partial charge in [0.05, 0.1) is 0 Å². The Hall–Kier alpha value is -0.405. The molecule has 0 amide bonds. The molecule has 0 nitrogen and oxygen atoms in total. The molecule has 114 valence electrons. The van der Waals surface area contributed by atoms with Gasteiger partial charge in [-0.1, -0.05) is 0 Å². The molecular weight excluding hydrogens is 498 g/mol. The van der Waals surface area contributed by atoms with Crippen LogP contribution in [0.4, 0.5) is 0 Å². The first-order valence-corrected chi connectivity index (χ1v) is 14.1. The van der Waals surface area contributed by atoms with E-state index in [-0.39, 0.29) is 0 Å². The summed E-state index contributed by atoms with van der Waals surface area (Å²) in [5.41, 5.74) is 0.724. The fourth-order valence-electron chi connectivity index (χ4n) is 2.65. The standard InChI is InChI=1S/C18H13BBr3P/c19-16-12-7-13-17(18(16)20)23(21,22,14-8-3-1-4-9-14)15-10-5-2-6-11-15/h1-13H. The molecule has 5 heteroatoms. The third-order valence-electron chi connectivity index (χ3n) is 3.85. The van der Waals surface area contributed by atoms with Gasteiger partial charge >= 0.3 is 163 Å². The maximum absolute atomic E-state index is 6.16. The van der Waals surface area contributed by atoms with E-state index in [0.717, 1.165) is 15.2 Å². The van der Waals surface area contributed by atoms with Gasteiger partial charge in [0.1, 0.15) is 0 Å². The predicted octanol–water partition coefficient (Wildman–Crippen LogP) is 4.69. The Labute approximate surface area is 162 Å². The number of hydrogen-bond donors (Lipinski definition) is 0. The molecule has 0 unspecified atom stereocenters. The molecule has 3 aromatic carbocycles. The van der Waals surface area contributed by atoms with Crippen LogP contribution in [0.3, 0.4) is 0 Å². The van der Waals surface area contributed by atoms with Crippen molar-refractivity contribution >= 4 is 80.1 Å². The monoisotopic (exact) mass is 508 g/mol. The van der Waals surface area contributed by atoms with Crippen LogP contribution in [0.15, 0.2) is 83.3 Å². The molecule has 23 heavy (non-hydrogen) atoms. The number of rotatable bonds is 3. The van der Waals surface area contributed by atoms with E-state index >= 15 is 0 Å². The molecule has 0 spiro atoms. The first kappa shape index (κ1) is 17.4. The molecule has 0 heterocycles. The summed E-state index contributed by atoms with van der Waals surface area (Å²) >= 11 is 12.0. The third kappa shape index (κ3) is 2.89. The second-order valence-corrected chi connectivity index (χ2v) is 20.7. The van der Waals surface area contributed by atoms with Gasteiger partial charge in [-0.3, -0.25) is 0 Å². The van der Waals surface area contributed by atoms with Gasteiger partial charge in [0, 0.05) is 0 Å². The van der Waals surface area contributed by atoms with Gasteiger partial charge in [-0.05, 0) is 0 Å². The zero-order valence-electron chi connectivity index (χ0n) is 12.2. The van der Waals surface area contributed by atoms with Crippen LogP contribution in [0.25, 0.3) is 0 Å². The summed E-state index contributed by atoms with van der Waals surface area (Å²) in [7, 11) is 6.16. The number of hydrogen-bond acceptors (Lipinski definition) is 0. The number of benzene rings is 3. The second kappa shape index (κ2) is 6.48. The van der Waals surface area contributed by atoms with Crippen LogP contribution in [-0.2, 0) is 0 Å². The molecule has 3 aromatic rings. The molecule has 0 aliphatic carbocycles. The Balaban J connectivity index is 2.43. The van der Waals surface area contributed by atoms with Gasteiger partial charge in [0.2, 0.25) is 0 Å². The molecule has 3 rings (SSSR count). The van der Waals surface area contributed by atoms with E-state index in [9.17, 15) is 0 Å². The van der Waals surface area contributed by atoms with E-state index in [1.807, 2.05) is 24.3 Å². The molecule has 0 aromatic heterocycles. The van der Waals surface area contributed by atoms with Crippen LogP contribution >= 0.6 is 50.9 Å². The molecule has 0 N–H and O–H groups in total. The fraction of sp³-hybridized carbons (Fsp3) is 0. The topological polar surface area (TPSA) is 0 Å².